The molecule has 4 nitrogen and oxygen atoms in total. The highest BCUT2D eigenvalue weighted by Gasteiger charge is 2.11. The normalized spacial score (nSPS) is 11.4. The molecule has 1 rings (SSSR count). The molecule has 0 bridgehead atoms. The minimum atomic E-state index is -2.93. The lowest BCUT2D eigenvalue weighted by atomic mass is 10.1. The second-order valence-electron chi connectivity index (χ2n) is 4.19. The van der Waals surface area contributed by atoms with Gasteiger partial charge in [0, 0.05) is 19.2 Å². The molecule has 22 heavy (non-hydrogen) atoms. The summed E-state index contributed by atoms with van der Waals surface area (Å²) in [6, 6.07) is 4.75. The van der Waals surface area contributed by atoms with Gasteiger partial charge in [0.05, 0.1) is 6.54 Å². The molecule has 0 radical (unpaired) electrons. The molecule has 0 aliphatic carbocycles. The molecule has 0 saturated heterocycles. The van der Waals surface area contributed by atoms with Crippen LogP contribution in [0, 0.1) is 6.92 Å². The number of hydrogen-bond donors (Lipinski definition) is 2. The van der Waals surface area contributed by atoms with Gasteiger partial charge in [-0.2, -0.15) is 8.78 Å². The zero-order valence-corrected chi connectivity index (χ0v) is 14.4. The molecule has 126 valence electrons. The van der Waals surface area contributed by atoms with Gasteiger partial charge in [0.15, 0.2) is 5.96 Å². The maximum Gasteiger partial charge on any atom is 0.387 e. The van der Waals surface area contributed by atoms with Crippen molar-refractivity contribution in [2.45, 2.75) is 26.5 Å². The van der Waals surface area contributed by atoms with Gasteiger partial charge in [-0.25, -0.2) is 8.78 Å². The van der Waals surface area contributed by atoms with Crippen molar-refractivity contribution in [3.05, 3.63) is 29.3 Å². The van der Waals surface area contributed by atoms with Crippen molar-refractivity contribution in [2.24, 2.45) is 4.99 Å². The Balaban J connectivity index is 0.00000441. The summed E-state index contributed by atoms with van der Waals surface area (Å²) in [7, 11) is 1.42. The smallest absolute Gasteiger partial charge is 0.387 e. The second-order valence-corrected chi connectivity index (χ2v) is 4.19. The van der Waals surface area contributed by atoms with Crippen LogP contribution < -0.4 is 15.4 Å². The number of alkyl halides is 4. The van der Waals surface area contributed by atoms with E-state index in [4.69, 9.17) is 0 Å². The van der Waals surface area contributed by atoms with E-state index in [9.17, 15) is 17.6 Å². The highest BCUT2D eigenvalue weighted by atomic mass is 127. The molecule has 0 spiro atoms. The number of ether oxygens (including phenoxy) is 1. The van der Waals surface area contributed by atoms with Crippen LogP contribution in [0.4, 0.5) is 17.6 Å². The van der Waals surface area contributed by atoms with E-state index in [2.05, 4.69) is 20.4 Å². The molecule has 0 aliphatic heterocycles. The SMILES string of the molecule is CN=C(NCc1cc(C)ccc1OC(F)F)NCC(F)F.I. The minimum absolute atomic E-state index is 0. The first-order chi connectivity index (χ1) is 9.92. The van der Waals surface area contributed by atoms with Crippen LogP contribution in [-0.2, 0) is 6.54 Å². The van der Waals surface area contributed by atoms with Crippen molar-refractivity contribution in [1.82, 2.24) is 10.6 Å². The molecule has 0 atom stereocenters. The van der Waals surface area contributed by atoms with Crippen LogP contribution in [0.3, 0.4) is 0 Å². The van der Waals surface area contributed by atoms with E-state index in [1.54, 1.807) is 19.1 Å². The molecule has 0 fully saturated rings. The summed E-state index contributed by atoms with van der Waals surface area (Å²) in [6.07, 6.45) is -2.51. The number of nitrogens with zero attached hydrogens (tertiary/aromatic N) is 1. The fourth-order valence-electron chi connectivity index (χ4n) is 1.63. The highest BCUT2D eigenvalue weighted by Crippen LogP contribution is 2.21. The van der Waals surface area contributed by atoms with Crippen LogP contribution >= 0.6 is 24.0 Å². The van der Waals surface area contributed by atoms with Gasteiger partial charge in [0.1, 0.15) is 5.75 Å². The molecule has 0 unspecified atom stereocenters. The van der Waals surface area contributed by atoms with Crippen molar-refractivity contribution in [2.75, 3.05) is 13.6 Å². The Morgan fingerprint density at radius 3 is 2.45 bits per heavy atom. The average Bonchev–Trinajstić information content (AvgIpc) is 2.41. The standard InChI is InChI=1S/C13H17F4N3O.HI/c1-8-3-4-10(21-12(16)17)9(5-8)6-19-13(18-2)20-7-11(14)15;/h3-5,11-12H,6-7H2,1-2H3,(H2,18,19,20);1H. The lowest BCUT2D eigenvalue weighted by Gasteiger charge is -2.15. The first kappa shape index (κ1) is 20.7. The Labute approximate surface area is 143 Å². The summed E-state index contributed by atoms with van der Waals surface area (Å²) in [6.45, 7) is -1.55. The number of rotatable bonds is 6. The van der Waals surface area contributed by atoms with Crippen LogP contribution in [0.25, 0.3) is 0 Å². The number of halogens is 5. The van der Waals surface area contributed by atoms with Gasteiger partial charge in [0.25, 0.3) is 6.43 Å². The molecule has 0 aromatic heterocycles. The Kier molecular flexibility index (Phi) is 9.86. The molecule has 0 aliphatic rings. The minimum Gasteiger partial charge on any atom is -0.434 e. The summed E-state index contributed by atoms with van der Waals surface area (Å²) < 4.78 is 53.3. The van der Waals surface area contributed by atoms with Gasteiger partial charge < -0.3 is 15.4 Å². The van der Waals surface area contributed by atoms with Crippen LogP contribution in [0.2, 0.25) is 0 Å². The third-order valence-corrected chi connectivity index (χ3v) is 2.53. The maximum atomic E-state index is 12.3. The Bertz CT molecular complexity index is 486. The van der Waals surface area contributed by atoms with E-state index in [1.807, 2.05) is 0 Å². The van der Waals surface area contributed by atoms with Crippen molar-refractivity contribution < 1.29 is 22.3 Å². The Hall–Kier alpha value is -1.26. The Morgan fingerprint density at radius 1 is 1.23 bits per heavy atom. The number of guanidine groups is 1. The van der Waals surface area contributed by atoms with Crippen molar-refractivity contribution >= 4 is 29.9 Å². The summed E-state index contributed by atoms with van der Waals surface area (Å²) in [5, 5.41) is 5.18. The van der Waals surface area contributed by atoms with Crippen LogP contribution in [0.15, 0.2) is 23.2 Å². The summed E-state index contributed by atoms with van der Waals surface area (Å²) >= 11 is 0. The van der Waals surface area contributed by atoms with Gasteiger partial charge in [-0.1, -0.05) is 17.7 Å². The van der Waals surface area contributed by atoms with E-state index < -0.39 is 19.6 Å². The van der Waals surface area contributed by atoms with Gasteiger partial charge in [0.2, 0.25) is 0 Å². The summed E-state index contributed by atoms with van der Waals surface area (Å²) in [5.74, 6) is 0.187. The molecule has 9 heteroatoms. The van der Waals surface area contributed by atoms with Crippen LogP contribution in [0.1, 0.15) is 11.1 Å². The topological polar surface area (TPSA) is 45.7 Å². The van der Waals surface area contributed by atoms with Gasteiger partial charge >= 0.3 is 6.61 Å². The number of aliphatic imine (C=N–C) groups is 1. The summed E-state index contributed by atoms with van der Waals surface area (Å²) in [5.41, 5.74) is 1.35. The van der Waals surface area contributed by atoms with E-state index in [0.717, 1.165) is 5.56 Å². The second kappa shape index (κ2) is 10.5. The number of hydrogen-bond acceptors (Lipinski definition) is 2. The average molecular weight is 435 g/mol. The monoisotopic (exact) mass is 435 g/mol. The zero-order chi connectivity index (χ0) is 15.8. The first-order valence-corrected chi connectivity index (χ1v) is 6.19. The fraction of sp³-hybridized carbons (Fsp3) is 0.462. The molecule has 1 aromatic carbocycles. The van der Waals surface area contributed by atoms with E-state index in [-0.39, 0.29) is 42.2 Å². The molecular weight excluding hydrogens is 417 g/mol. The van der Waals surface area contributed by atoms with Gasteiger partial charge in [-0.05, 0) is 13.0 Å². The number of benzene rings is 1. The molecule has 0 heterocycles. The summed E-state index contributed by atoms with van der Waals surface area (Å²) in [4.78, 5) is 3.76. The third kappa shape index (κ3) is 7.66. The van der Waals surface area contributed by atoms with Crippen LogP contribution in [0.5, 0.6) is 5.75 Å². The lowest BCUT2D eigenvalue weighted by Crippen LogP contribution is -2.39. The molecule has 1 aromatic rings. The maximum absolute atomic E-state index is 12.3. The van der Waals surface area contributed by atoms with Crippen LogP contribution in [-0.4, -0.2) is 32.6 Å². The van der Waals surface area contributed by atoms with Crippen molar-refractivity contribution in [3.63, 3.8) is 0 Å². The zero-order valence-electron chi connectivity index (χ0n) is 12.1. The molecule has 2 N–H and O–H groups in total. The molecule has 0 amide bonds. The predicted molar refractivity (Wildman–Crippen MR) is 87.4 cm³/mol. The first-order valence-electron chi connectivity index (χ1n) is 6.19. The quantitative estimate of drug-likeness (QED) is 0.313. The highest BCUT2D eigenvalue weighted by molar-refractivity contribution is 14.0. The largest absolute Gasteiger partial charge is 0.434 e. The van der Waals surface area contributed by atoms with E-state index >= 15 is 0 Å². The number of nitrogens with one attached hydrogen (secondary N) is 2. The van der Waals surface area contributed by atoms with Gasteiger partial charge in [-0.15, -0.1) is 24.0 Å². The molecular formula is C13H18F4IN3O. The van der Waals surface area contributed by atoms with Gasteiger partial charge in [-0.3, -0.25) is 4.99 Å². The van der Waals surface area contributed by atoms with E-state index in [0.29, 0.717) is 5.56 Å². The molecule has 0 saturated carbocycles. The van der Waals surface area contributed by atoms with E-state index in [1.165, 1.54) is 13.1 Å². The van der Waals surface area contributed by atoms with Crippen molar-refractivity contribution in [1.29, 1.82) is 0 Å². The predicted octanol–water partition coefficient (Wildman–Crippen LogP) is 3.14. The lowest BCUT2D eigenvalue weighted by molar-refractivity contribution is -0.0504. The van der Waals surface area contributed by atoms with Crippen molar-refractivity contribution in [3.8, 4) is 5.75 Å². The fourth-order valence-corrected chi connectivity index (χ4v) is 1.63. The third-order valence-electron chi connectivity index (χ3n) is 2.53. The Morgan fingerprint density at radius 2 is 1.91 bits per heavy atom. The number of aryl methyl sites for hydroxylation is 1.